The average molecular weight is 394 g/mol. The zero-order valence-corrected chi connectivity index (χ0v) is 15.6. The van der Waals surface area contributed by atoms with Crippen LogP contribution in [-0.2, 0) is 0 Å². The number of hydrogen-bond acceptors (Lipinski definition) is 2. The number of halogens is 1. The third-order valence-corrected chi connectivity index (χ3v) is 4.13. The molecule has 2 aliphatic rings. The van der Waals surface area contributed by atoms with E-state index in [4.69, 9.17) is 4.99 Å². The summed E-state index contributed by atoms with van der Waals surface area (Å²) < 4.78 is 0. The lowest BCUT2D eigenvalue weighted by Crippen LogP contribution is -2.48. The van der Waals surface area contributed by atoms with Crippen LogP contribution in [0.4, 0.5) is 0 Å². The van der Waals surface area contributed by atoms with Gasteiger partial charge in [0.15, 0.2) is 5.96 Å². The van der Waals surface area contributed by atoms with Gasteiger partial charge in [0.05, 0.1) is 6.54 Å². The lowest BCUT2D eigenvalue weighted by atomic mass is 9.92. The minimum Gasteiger partial charge on any atom is -0.357 e. The molecule has 1 N–H and O–H groups in total. The maximum Gasteiger partial charge on any atom is 0.193 e. The van der Waals surface area contributed by atoms with Crippen molar-refractivity contribution in [3.63, 3.8) is 0 Å². The van der Waals surface area contributed by atoms with Gasteiger partial charge in [0.1, 0.15) is 0 Å². The van der Waals surface area contributed by atoms with E-state index in [1.54, 1.807) is 0 Å². The topological polar surface area (TPSA) is 30.9 Å². The van der Waals surface area contributed by atoms with Crippen LogP contribution >= 0.6 is 24.0 Å². The normalized spacial score (nSPS) is 27.8. The fourth-order valence-electron chi connectivity index (χ4n) is 3.16. The average Bonchev–Trinajstić information content (AvgIpc) is 2.29. The monoisotopic (exact) mass is 394 g/mol. The lowest BCUT2D eigenvalue weighted by molar-refractivity contribution is 0.186. The first kappa shape index (κ1) is 18.0. The second kappa shape index (κ2) is 9.07. The largest absolute Gasteiger partial charge is 0.357 e. The number of aliphatic imine (C=N–C) groups is 1. The number of likely N-dealkylation sites (tertiary alicyclic amines) is 2. The Bertz CT molecular complexity index is 294. The fraction of sp³-hybridized carbons (Fsp3) is 0.933. The predicted molar refractivity (Wildman–Crippen MR) is 97.0 cm³/mol. The Morgan fingerprint density at radius 3 is 2.35 bits per heavy atom. The summed E-state index contributed by atoms with van der Waals surface area (Å²) in [7, 11) is 0. The molecular weight excluding hydrogens is 363 g/mol. The third kappa shape index (κ3) is 5.39. The lowest BCUT2D eigenvalue weighted by Gasteiger charge is -2.37. The zero-order chi connectivity index (χ0) is 13.7. The van der Waals surface area contributed by atoms with Crippen LogP contribution in [0.5, 0.6) is 0 Å². The first-order valence-corrected chi connectivity index (χ1v) is 7.94. The molecule has 0 amide bonds. The van der Waals surface area contributed by atoms with Crippen LogP contribution in [0.3, 0.4) is 0 Å². The summed E-state index contributed by atoms with van der Waals surface area (Å²) in [6.07, 6.45) is 2.72. The van der Waals surface area contributed by atoms with Crippen LogP contribution in [0.25, 0.3) is 0 Å². The minimum absolute atomic E-state index is 0. The maximum atomic E-state index is 4.82. The van der Waals surface area contributed by atoms with Gasteiger partial charge in [0, 0.05) is 26.2 Å². The van der Waals surface area contributed by atoms with Crippen molar-refractivity contribution in [2.24, 2.45) is 16.8 Å². The van der Waals surface area contributed by atoms with Gasteiger partial charge in [-0.05, 0) is 44.7 Å². The Morgan fingerprint density at radius 2 is 1.85 bits per heavy atom. The van der Waals surface area contributed by atoms with Crippen molar-refractivity contribution >= 4 is 29.9 Å². The van der Waals surface area contributed by atoms with E-state index in [-0.39, 0.29) is 24.0 Å². The Labute approximate surface area is 141 Å². The molecule has 2 saturated heterocycles. The summed E-state index contributed by atoms with van der Waals surface area (Å²) in [6.45, 7) is 14.7. The van der Waals surface area contributed by atoms with Crippen LogP contribution in [0.1, 0.15) is 33.6 Å². The Balaban J connectivity index is 0.00000200. The highest BCUT2D eigenvalue weighted by atomic mass is 127. The summed E-state index contributed by atoms with van der Waals surface area (Å²) in [5.74, 6) is 2.69. The third-order valence-electron chi connectivity index (χ3n) is 4.13. The number of nitrogens with one attached hydrogen (secondary N) is 1. The van der Waals surface area contributed by atoms with Gasteiger partial charge < -0.3 is 15.1 Å². The Hall–Kier alpha value is -0.0400. The van der Waals surface area contributed by atoms with Crippen LogP contribution in [0.15, 0.2) is 4.99 Å². The van der Waals surface area contributed by atoms with Gasteiger partial charge in [-0.1, -0.05) is 13.8 Å². The Morgan fingerprint density at radius 1 is 1.20 bits per heavy atom. The predicted octanol–water partition coefficient (Wildman–Crippen LogP) is 2.25. The van der Waals surface area contributed by atoms with Crippen molar-refractivity contribution in [1.29, 1.82) is 0 Å². The number of hydrogen-bond donors (Lipinski definition) is 1. The van der Waals surface area contributed by atoms with Gasteiger partial charge in [-0.15, -0.1) is 24.0 Å². The molecule has 20 heavy (non-hydrogen) atoms. The maximum absolute atomic E-state index is 4.82. The van der Waals surface area contributed by atoms with E-state index < -0.39 is 0 Å². The molecule has 2 aliphatic heterocycles. The number of piperidine rings is 1. The van der Waals surface area contributed by atoms with Gasteiger partial charge in [0.2, 0.25) is 0 Å². The highest BCUT2D eigenvalue weighted by molar-refractivity contribution is 14.0. The molecule has 0 spiro atoms. The van der Waals surface area contributed by atoms with Crippen LogP contribution in [0.2, 0.25) is 0 Å². The van der Waals surface area contributed by atoms with Crippen molar-refractivity contribution in [2.45, 2.75) is 33.6 Å². The van der Waals surface area contributed by atoms with Crippen molar-refractivity contribution in [1.82, 2.24) is 15.1 Å². The summed E-state index contributed by atoms with van der Waals surface area (Å²) in [5, 5.41) is 3.46. The Kier molecular flexibility index (Phi) is 8.17. The SMILES string of the molecule is CCNC(=NCCN1CCC1)N1CC(C)CC(C)C1.I. The molecule has 0 saturated carbocycles. The minimum atomic E-state index is 0. The smallest absolute Gasteiger partial charge is 0.193 e. The van der Waals surface area contributed by atoms with E-state index >= 15 is 0 Å². The summed E-state index contributed by atoms with van der Waals surface area (Å²) in [6, 6.07) is 0. The molecule has 118 valence electrons. The van der Waals surface area contributed by atoms with E-state index in [1.165, 1.54) is 25.9 Å². The van der Waals surface area contributed by atoms with E-state index in [2.05, 4.69) is 35.9 Å². The highest BCUT2D eigenvalue weighted by Gasteiger charge is 2.24. The molecule has 5 heteroatoms. The molecule has 2 atom stereocenters. The summed E-state index contributed by atoms with van der Waals surface area (Å²) in [4.78, 5) is 9.76. The van der Waals surface area contributed by atoms with Crippen molar-refractivity contribution in [3.8, 4) is 0 Å². The number of nitrogens with zero attached hydrogens (tertiary/aromatic N) is 3. The molecule has 0 radical (unpaired) electrons. The van der Waals surface area contributed by atoms with E-state index in [9.17, 15) is 0 Å². The van der Waals surface area contributed by atoms with Crippen LogP contribution in [0, 0.1) is 11.8 Å². The summed E-state index contributed by atoms with van der Waals surface area (Å²) >= 11 is 0. The molecule has 2 rings (SSSR count). The van der Waals surface area contributed by atoms with E-state index in [0.29, 0.717) is 0 Å². The quantitative estimate of drug-likeness (QED) is 0.451. The van der Waals surface area contributed by atoms with Crippen molar-refractivity contribution in [3.05, 3.63) is 0 Å². The first-order valence-electron chi connectivity index (χ1n) is 7.94. The highest BCUT2D eigenvalue weighted by Crippen LogP contribution is 2.20. The van der Waals surface area contributed by atoms with Crippen molar-refractivity contribution < 1.29 is 0 Å². The van der Waals surface area contributed by atoms with Crippen LogP contribution < -0.4 is 5.32 Å². The summed E-state index contributed by atoms with van der Waals surface area (Å²) in [5.41, 5.74) is 0. The van der Waals surface area contributed by atoms with Gasteiger partial charge in [-0.3, -0.25) is 4.99 Å². The van der Waals surface area contributed by atoms with Crippen LogP contribution in [-0.4, -0.2) is 61.6 Å². The molecule has 2 unspecified atom stereocenters. The molecule has 4 nitrogen and oxygen atoms in total. The van der Waals surface area contributed by atoms with Gasteiger partial charge in [0.25, 0.3) is 0 Å². The molecule has 2 heterocycles. The first-order chi connectivity index (χ1) is 9.19. The van der Waals surface area contributed by atoms with Gasteiger partial charge in [-0.2, -0.15) is 0 Å². The molecular formula is C15H31IN4. The van der Waals surface area contributed by atoms with E-state index in [0.717, 1.165) is 50.5 Å². The zero-order valence-electron chi connectivity index (χ0n) is 13.3. The molecule has 0 aliphatic carbocycles. The molecule has 2 fully saturated rings. The van der Waals surface area contributed by atoms with E-state index in [1.807, 2.05) is 0 Å². The van der Waals surface area contributed by atoms with Gasteiger partial charge in [-0.25, -0.2) is 0 Å². The second-order valence-electron chi connectivity index (χ2n) is 6.28. The molecule has 0 aromatic heterocycles. The van der Waals surface area contributed by atoms with Gasteiger partial charge >= 0.3 is 0 Å². The molecule has 0 bridgehead atoms. The second-order valence-corrected chi connectivity index (χ2v) is 6.28. The molecule has 0 aromatic rings. The number of rotatable bonds is 4. The number of guanidine groups is 1. The molecule has 0 aromatic carbocycles. The fourth-order valence-corrected chi connectivity index (χ4v) is 3.16. The van der Waals surface area contributed by atoms with Crippen molar-refractivity contribution in [2.75, 3.05) is 45.8 Å². The standard InChI is InChI=1S/C15H30N4.HI/c1-4-16-15(17-6-9-18-7-5-8-18)19-11-13(2)10-14(3)12-19;/h13-14H,4-12H2,1-3H3,(H,16,17);1H.